The van der Waals surface area contributed by atoms with Crippen LogP contribution in [0, 0.1) is 5.92 Å². The molecule has 1 aliphatic carbocycles. The second-order valence-corrected chi connectivity index (χ2v) is 6.25. The Kier molecular flexibility index (Phi) is 4.21. The van der Waals surface area contributed by atoms with E-state index in [0.717, 1.165) is 17.8 Å². The van der Waals surface area contributed by atoms with E-state index in [9.17, 15) is 4.79 Å². The van der Waals surface area contributed by atoms with Crippen molar-refractivity contribution in [1.82, 2.24) is 4.90 Å². The Labute approximate surface area is 121 Å². The van der Waals surface area contributed by atoms with Gasteiger partial charge < -0.3 is 15.5 Å². The fourth-order valence-corrected chi connectivity index (χ4v) is 2.43. The van der Waals surface area contributed by atoms with Crippen LogP contribution < -0.4 is 10.6 Å². The highest BCUT2D eigenvalue weighted by molar-refractivity contribution is 6.00. The predicted octanol–water partition coefficient (Wildman–Crippen LogP) is 2.60. The summed E-state index contributed by atoms with van der Waals surface area (Å²) in [6.07, 6.45) is 2.41. The molecule has 110 valence electrons. The SMILES string of the molecule is CC(C)CN(c1cc(N)ccc1C(=O)N(C)C)C1CC1. The summed E-state index contributed by atoms with van der Waals surface area (Å²) in [4.78, 5) is 16.3. The van der Waals surface area contributed by atoms with Crippen LogP contribution >= 0.6 is 0 Å². The Morgan fingerprint density at radius 1 is 1.35 bits per heavy atom. The van der Waals surface area contributed by atoms with Crippen molar-refractivity contribution < 1.29 is 4.79 Å². The minimum Gasteiger partial charge on any atom is -0.399 e. The first kappa shape index (κ1) is 14.7. The maximum Gasteiger partial charge on any atom is 0.255 e. The van der Waals surface area contributed by atoms with Crippen LogP contribution in [0.25, 0.3) is 0 Å². The molecular formula is C16H25N3O. The number of nitrogen functional groups attached to an aromatic ring is 1. The summed E-state index contributed by atoms with van der Waals surface area (Å²) < 4.78 is 0. The molecule has 0 aliphatic heterocycles. The van der Waals surface area contributed by atoms with E-state index in [4.69, 9.17) is 5.73 Å². The third kappa shape index (κ3) is 3.24. The smallest absolute Gasteiger partial charge is 0.255 e. The van der Waals surface area contributed by atoms with Gasteiger partial charge in [-0.3, -0.25) is 4.79 Å². The van der Waals surface area contributed by atoms with Crippen molar-refractivity contribution in [2.24, 2.45) is 5.92 Å². The lowest BCUT2D eigenvalue weighted by molar-refractivity contribution is 0.0828. The molecule has 1 aliphatic rings. The van der Waals surface area contributed by atoms with E-state index in [1.807, 2.05) is 12.1 Å². The molecule has 0 spiro atoms. The molecule has 2 N–H and O–H groups in total. The van der Waals surface area contributed by atoms with Gasteiger partial charge in [0.05, 0.1) is 11.3 Å². The third-order valence-electron chi connectivity index (χ3n) is 3.52. The van der Waals surface area contributed by atoms with Crippen molar-refractivity contribution in [3.63, 3.8) is 0 Å². The van der Waals surface area contributed by atoms with Crippen molar-refractivity contribution in [2.45, 2.75) is 32.7 Å². The van der Waals surface area contributed by atoms with Gasteiger partial charge in [0.1, 0.15) is 0 Å². The molecular weight excluding hydrogens is 250 g/mol. The molecule has 1 saturated carbocycles. The normalized spacial score (nSPS) is 14.4. The maximum absolute atomic E-state index is 12.4. The summed E-state index contributed by atoms with van der Waals surface area (Å²) >= 11 is 0. The van der Waals surface area contributed by atoms with E-state index >= 15 is 0 Å². The summed E-state index contributed by atoms with van der Waals surface area (Å²) in [7, 11) is 3.57. The first-order valence-electron chi connectivity index (χ1n) is 7.28. The van der Waals surface area contributed by atoms with Crippen LogP contribution in [0.3, 0.4) is 0 Å². The highest BCUT2D eigenvalue weighted by Gasteiger charge is 2.32. The molecule has 0 saturated heterocycles. The Hall–Kier alpha value is -1.71. The summed E-state index contributed by atoms with van der Waals surface area (Å²) in [5.74, 6) is 0.591. The van der Waals surface area contributed by atoms with E-state index in [1.165, 1.54) is 12.8 Å². The van der Waals surface area contributed by atoms with Crippen molar-refractivity contribution >= 4 is 17.3 Å². The Bertz CT molecular complexity index is 492. The molecule has 4 nitrogen and oxygen atoms in total. The zero-order valence-electron chi connectivity index (χ0n) is 12.9. The van der Waals surface area contributed by atoms with Crippen LogP contribution in [0.15, 0.2) is 18.2 Å². The van der Waals surface area contributed by atoms with E-state index < -0.39 is 0 Å². The number of hydrogen-bond acceptors (Lipinski definition) is 3. The lowest BCUT2D eigenvalue weighted by atomic mass is 10.1. The Morgan fingerprint density at radius 2 is 2.00 bits per heavy atom. The molecule has 20 heavy (non-hydrogen) atoms. The number of hydrogen-bond donors (Lipinski definition) is 1. The predicted molar refractivity (Wildman–Crippen MR) is 84.1 cm³/mol. The first-order valence-corrected chi connectivity index (χ1v) is 7.28. The molecule has 0 heterocycles. The lowest BCUT2D eigenvalue weighted by Crippen LogP contribution is -2.33. The minimum absolute atomic E-state index is 0.0365. The van der Waals surface area contributed by atoms with Gasteiger partial charge in [-0.1, -0.05) is 13.8 Å². The van der Waals surface area contributed by atoms with Gasteiger partial charge >= 0.3 is 0 Å². The van der Waals surface area contributed by atoms with Crippen LogP contribution in [0.5, 0.6) is 0 Å². The molecule has 2 rings (SSSR count). The van der Waals surface area contributed by atoms with Gasteiger partial charge in [-0.25, -0.2) is 0 Å². The van der Waals surface area contributed by atoms with Crippen molar-refractivity contribution in [2.75, 3.05) is 31.3 Å². The number of carbonyl (C=O) groups excluding carboxylic acids is 1. The highest BCUT2D eigenvalue weighted by Crippen LogP contribution is 2.35. The standard InChI is InChI=1S/C16H25N3O/c1-11(2)10-19(13-6-7-13)15-9-12(17)5-8-14(15)16(20)18(3)4/h5,8-9,11,13H,6-7,10,17H2,1-4H3. The molecule has 0 bridgehead atoms. The summed E-state index contributed by atoms with van der Waals surface area (Å²) in [5, 5.41) is 0. The highest BCUT2D eigenvalue weighted by atomic mass is 16.2. The van der Waals surface area contributed by atoms with E-state index in [-0.39, 0.29) is 5.91 Å². The number of amides is 1. The minimum atomic E-state index is 0.0365. The average Bonchev–Trinajstić information content (AvgIpc) is 3.19. The van der Waals surface area contributed by atoms with Crippen LogP contribution in [0.1, 0.15) is 37.0 Å². The summed E-state index contributed by atoms with van der Waals surface area (Å²) in [5.41, 5.74) is 8.39. The number of anilines is 2. The molecule has 0 aromatic heterocycles. The Balaban J connectivity index is 2.41. The van der Waals surface area contributed by atoms with Gasteiger partial charge in [0, 0.05) is 32.4 Å². The largest absolute Gasteiger partial charge is 0.399 e. The molecule has 0 atom stereocenters. The van der Waals surface area contributed by atoms with Crippen LogP contribution in [0.4, 0.5) is 11.4 Å². The number of nitrogens with two attached hydrogens (primary N) is 1. The number of benzene rings is 1. The lowest BCUT2D eigenvalue weighted by Gasteiger charge is -2.29. The van der Waals surface area contributed by atoms with Gasteiger partial charge in [0.25, 0.3) is 5.91 Å². The molecule has 0 radical (unpaired) electrons. The van der Waals surface area contributed by atoms with E-state index in [0.29, 0.717) is 17.6 Å². The average molecular weight is 275 g/mol. The van der Waals surface area contributed by atoms with Crippen LogP contribution in [-0.2, 0) is 0 Å². The second kappa shape index (κ2) is 5.73. The third-order valence-corrected chi connectivity index (χ3v) is 3.52. The fourth-order valence-electron chi connectivity index (χ4n) is 2.43. The molecule has 4 heteroatoms. The van der Waals surface area contributed by atoms with E-state index in [2.05, 4.69) is 18.7 Å². The quantitative estimate of drug-likeness (QED) is 0.840. The molecule has 0 unspecified atom stereocenters. The van der Waals surface area contributed by atoms with Gasteiger partial charge in [-0.2, -0.15) is 0 Å². The first-order chi connectivity index (χ1) is 9.40. The summed E-state index contributed by atoms with van der Waals surface area (Å²) in [6, 6.07) is 6.16. The van der Waals surface area contributed by atoms with Gasteiger partial charge in [0.15, 0.2) is 0 Å². The van der Waals surface area contributed by atoms with Crippen molar-refractivity contribution in [1.29, 1.82) is 0 Å². The summed E-state index contributed by atoms with van der Waals surface area (Å²) in [6.45, 7) is 5.37. The zero-order valence-corrected chi connectivity index (χ0v) is 12.9. The maximum atomic E-state index is 12.4. The second-order valence-electron chi connectivity index (χ2n) is 6.25. The molecule has 1 amide bonds. The van der Waals surface area contributed by atoms with Gasteiger partial charge in [-0.05, 0) is 37.0 Å². The monoisotopic (exact) mass is 275 g/mol. The molecule has 1 aromatic carbocycles. The topological polar surface area (TPSA) is 49.6 Å². The van der Waals surface area contributed by atoms with Gasteiger partial charge in [0.2, 0.25) is 0 Å². The van der Waals surface area contributed by atoms with Crippen LogP contribution in [0.2, 0.25) is 0 Å². The number of rotatable bonds is 5. The number of nitrogens with zero attached hydrogens (tertiary/aromatic N) is 2. The van der Waals surface area contributed by atoms with Crippen molar-refractivity contribution in [3.8, 4) is 0 Å². The van der Waals surface area contributed by atoms with Gasteiger partial charge in [-0.15, -0.1) is 0 Å². The van der Waals surface area contributed by atoms with Crippen molar-refractivity contribution in [3.05, 3.63) is 23.8 Å². The number of carbonyl (C=O) groups is 1. The van der Waals surface area contributed by atoms with Crippen LogP contribution in [-0.4, -0.2) is 37.5 Å². The molecule has 1 fully saturated rings. The Morgan fingerprint density at radius 3 is 2.50 bits per heavy atom. The van der Waals surface area contributed by atoms with E-state index in [1.54, 1.807) is 25.1 Å². The zero-order chi connectivity index (χ0) is 14.9. The molecule has 1 aromatic rings. The fraction of sp³-hybridized carbons (Fsp3) is 0.562.